The van der Waals surface area contributed by atoms with Crippen LogP contribution in [-0.4, -0.2) is 33.4 Å². The molecule has 2 N–H and O–H groups in total. The zero-order valence-corrected chi connectivity index (χ0v) is 8.26. The van der Waals surface area contributed by atoms with Crippen molar-refractivity contribution < 1.29 is 14.6 Å². The first-order chi connectivity index (χ1) is 6.75. The van der Waals surface area contributed by atoms with Gasteiger partial charge in [-0.05, 0) is 0 Å². The molecule has 1 aromatic heterocycles. The van der Waals surface area contributed by atoms with Crippen molar-refractivity contribution in [1.29, 1.82) is 0 Å². The van der Waals surface area contributed by atoms with E-state index >= 15 is 0 Å². The summed E-state index contributed by atoms with van der Waals surface area (Å²) in [5.74, 6) is -0.798. The number of carbonyl (C=O) groups is 1. The number of aromatic amines is 1. The lowest BCUT2D eigenvalue weighted by atomic mass is 10.2. The van der Waals surface area contributed by atoms with E-state index in [4.69, 9.17) is 9.84 Å². The summed E-state index contributed by atoms with van der Waals surface area (Å²) < 4.78 is 5.24. The Hall–Kier alpha value is -1.01. The molecule has 76 valence electrons. The fraction of sp³-hybridized carbons (Fsp3) is 0.500. The Morgan fingerprint density at radius 1 is 1.71 bits per heavy atom. The van der Waals surface area contributed by atoms with Crippen LogP contribution in [0.2, 0.25) is 0 Å². The molecule has 0 radical (unpaired) electrons. The predicted octanol–water partition coefficient (Wildman–Crippen LogP) is 0.659. The molecule has 2 rings (SSSR count). The lowest BCUT2D eigenvalue weighted by Gasteiger charge is -2.08. The number of carboxylic acids is 1. The van der Waals surface area contributed by atoms with Crippen LogP contribution in [0.1, 0.15) is 11.4 Å². The summed E-state index contributed by atoms with van der Waals surface area (Å²) in [6, 6.07) is 0. The largest absolute Gasteiger partial charge is 0.481 e. The van der Waals surface area contributed by atoms with E-state index in [1.54, 1.807) is 0 Å². The molecule has 0 aromatic carbocycles. The first kappa shape index (κ1) is 9.54. The Morgan fingerprint density at radius 3 is 3.29 bits per heavy atom. The van der Waals surface area contributed by atoms with Gasteiger partial charge in [-0.3, -0.25) is 4.79 Å². The minimum atomic E-state index is -0.833. The van der Waals surface area contributed by atoms with Crippen LogP contribution in [0.25, 0.3) is 0 Å². The smallest absolute Gasteiger partial charge is 0.313 e. The number of hydrogen-bond donors (Lipinski definition) is 2. The summed E-state index contributed by atoms with van der Waals surface area (Å²) >= 11 is 1.20. The van der Waals surface area contributed by atoms with Gasteiger partial charge >= 0.3 is 5.97 Å². The Bertz CT molecular complexity index is 327. The number of rotatable bonds is 3. The average molecular weight is 214 g/mol. The molecule has 0 unspecified atom stereocenters. The van der Waals surface area contributed by atoms with Crippen LogP contribution in [0.4, 0.5) is 0 Å². The Morgan fingerprint density at radius 2 is 2.57 bits per heavy atom. The van der Waals surface area contributed by atoms with Crippen molar-refractivity contribution in [3.8, 4) is 0 Å². The van der Waals surface area contributed by atoms with Gasteiger partial charge in [0.05, 0.1) is 30.4 Å². The first-order valence-corrected chi connectivity index (χ1v) is 5.24. The molecule has 0 spiro atoms. The number of nitrogens with one attached hydrogen (secondary N) is 1. The molecule has 1 aromatic rings. The molecule has 1 aliphatic heterocycles. The third kappa shape index (κ3) is 2.08. The van der Waals surface area contributed by atoms with Crippen LogP contribution in [0.15, 0.2) is 5.16 Å². The third-order valence-electron chi connectivity index (χ3n) is 1.90. The number of thioether (sulfide) groups is 1. The van der Waals surface area contributed by atoms with Crippen molar-refractivity contribution in [3.63, 3.8) is 0 Å². The number of aromatic nitrogens is 2. The van der Waals surface area contributed by atoms with E-state index < -0.39 is 5.97 Å². The van der Waals surface area contributed by atoms with Gasteiger partial charge in [0, 0.05) is 6.42 Å². The van der Waals surface area contributed by atoms with E-state index in [1.165, 1.54) is 11.8 Å². The van der Waals surface area contributed by atoms with E-state index in [2.05, 4.69) is 9.97 Å². The Balaban J connectivity index is 2.04. The van der Waals surface area contributed by atoms with E-state index in [0.29, 0.717) is 18.4 Å². The molecule has 0 saturated heterocycles. The number of nitrogens with zero attached hydrogens (tertiary/aromatic N) is 1. The number of aliphatic carboxylic acids is 1. The SMILES string of the molecule is O=C(O)CSc1nc2c([nH]1)COCC2. The maximum atomic E-state index is 10.3. The van der Waals surface area contributed by atoms with E-state index in [0.717, 1.165) is 17.8 Å². The molecule has 0 bridgehead atoms. The van der Waals surface area contributed by atoms with Crippen molar-refractivity contribution in [1.82, 2.24) is 9.97 Å². The molecule has 0 fully saturated rings. The Kier molecular flexibility index (Phi) is 2.74. The second-order valence-corrected chi connectivity index (χ2v) is 3.92. The van der Waals surface area contributed by atoms with Crippen LogP contribution < -0.4 is 0 Å². The van der Waals surface area contributed by atoms with Crippen LogP contribution in [0, 0.1) is 0 Å². The van der Waals surface area contributed by atoms with Gasteiger partial charge in [0.15, 0.2) is 5.16 Å². The number of fused-ring (bicyclic) bond motifs is 1. The van der Waals surface area contributed by atoms with Crippen LogP contribution >= 0.6 is 11.8 Å². The maximum absolute atomic E-state index is 10.3. The first-order valence-electron chi connectivity index (χ1n) is 4.26. The zero-order chi connectivity index (χ0) is 9.97. The summed E-state index contributed by atoms with van der Waals surface area (Å²) in [6.45, 7) is 1.25. The molecule has 6 heteroatoms. The van der Waals surface area contributed by atoms with E-state index in [-0.39, 0.29) is 5.75 Å². The zero-order valence-electron chi connectivity index (χ0n) is 7.45. The highest BCUT2D eigenvalue weighted by Gasteiger charge is 2.15. The van der Waals surface area contributed by atoms with Crippen molar-refractivity contribution in [2.24, 2.45) is 0 Å². The van der Waals surface area contributed by atoms with Crippen molar-refractivity contribution >= 4 is 17.7 Å². The number of hydrogen-bond acceptors (Lipinski definition) is 4. The summed E-state index contributed by atoms with van der Waals surface area (Å²) in [4.78, 5) is 17.7. The predicted molar refractivity (Wildman–Crippen MR) is 50.3 cm³/mol. The molecule has 5 nitrogen and oxygen atoms in total. The molecule has 0 atom stereocenters. The van der Waals surface area contributed by atoms with Gasteiger partial charge in [-0.15, -0.1) is 0 Å². The second kappa shape index (κ2) is 4.02. The fourth-order valence-electron chi connectivity index (χ4n) is 1.29. The Labute approximate surface area is 84.9 Å². The fourth-order valence-corrected chi connectivity index (χ4v) is 1.92. The number of H-pyrrole nitrogens is 1. The monoisotopic (exact) mass is 214 g/mol. The molecule has 0 aliphatic carbocycles. The number of ether oxygens (including phenoxy) is 1. The van der Waals surface area contributed by atoms with Crippen molar-refractivity contribution in [2.45, 2.75) is 18.2 Å². The van der Waals surface area contributed by atoms with Crippen LogP contribution in [0.5, 0.6) is 0 Å². The lowest BCUT2D eigenvalue weighted by Crippen LogP contribution is -2.08. The van der Waals surface area contributed by atoms with Crippen molar-refractivity contribution in [3.05, 3.63) is 11.4 Å². The molecular weight excluding hydrogens is 204 g/mol. The molecule has 14 heavy (non-hydrogen) atoms. The van der Waals surface area contributed by atoms with Crippen LogP contribution in [0.3, 0.4) is 0 Å². The number of carboxylic acid groups (broad SMARTS) is 1. The summed E-state index contributed by atoms with van der Waals surface area (Å²) in [5, 5.41) is 9.16. The van der Waals surface area contributed by atoms with E-state index in [1.807, 2.05) is 0 Å². The maximum Gasteiger partial charge on any atom is 0.313 e. The average Bonchev–Trinajstić information content (AvgIpc) is 2.57. The minimum absolute atomic E-state index is 0.0350. The van der Waals surface area contributed by atoms with Gasteiger partial charge < -0.3 is 14.8 Å². The van der Waals surface area contributed by atoms with Crippen LogP contribution in [-0.2, 0) is 22.6 Å². The van der Waals surface area contributed by atoms with E-state index in [9.17, 15) is 4.79 Å². The quantitative estimate of drug-likeness (QED) is 0.723. The molecule has 1 aliphatic rings. The van der Waals surface area contributed by atoms with Gasteiger partial charge in [0.1, 0.15) is 0 Å². The number of imidazole rings is 1. The highest BCUT2D eigenvalue weighted by molar-refractivity contribution is 7.99. The molecule has 2 heterocycles. The van der Waals surface area contributed by atoms with Gasteiger partial charge in [-0.25, -0.2) is 4.98 Å². The highest BCUT2D eigenvalue weighted by Crippen LogP contribution is 2.20. The van der Waals surface area contributed by atoms with Crippen molar-refractivity contribution in [2.75, 3.05) is 12.4 Å². The molecular formula is C8H10N2O3S. The third-order valence-corrected chi connectivity index (χ3v) is 2.76. The summed E-state index contributed by atoms with van der Waals surface area (Å²) in [7, 11) is 0. The lowest BCUT2D eigenvalue weighted by molar-refractivity contribution is -0.133. The van der Waals surface area contributed by atoms with Gasteiger partial charge in [-0.2, -0.15) is 0 Å². The normalized spacial score (nSPS) is 15.1. The molecule has 0 amide bonds. The highest BCUT2D eigenvalue weighted by atomic mass is 32.2. The van der Waals surface area contributed by atoms with Gasteiger partial charge in [0.2, 0.25) is 0 Å². The van der Waals surface area contributed by atoms with Gasteiger partial charge in [0.25, 0.3) is 0 Å². The second-order valence-electron chi connectivity index (χ2n) is 2.95. The summed E-state index contributed by atoms with van der Waals surface area (Å²) in [6.07, 6.45) is 0.805. The summed E-state index contributed by atoms with van der Waals surface area (Å²) in [5.41, 5.74) is 1.98. The minimum Gasteiger partial charge on any atom is -0.481 e. The standard InChI is InChI=1S/C8H10N2O3S/c11-7(12)4-14-8-9-5-1-2-13-3-6(5)10-8/h1-4H2,(H,9,10)(H,11,12). The van der Waals surface area contributed by atoms with Gasteiger partial charge in [-0.1, -0.05) is 11.8 Å². The topological polar surface area (TPSA) is 75.2 Å². The molecule has 0 saturated carbocycles.